The van der Waals surface area contributed by atoms with E-state index in [9.17, 15) is 14.4 Å². The van der Waals surface area contributed by atoms with Crippen molar-refractivity contribution in [3.63, 3.8) is 0 Å². The third kappa shape index (κ3) is 5.93. The first kappa shape index (κ1) is 25.6. The predicted molar refractivity (Wildman–Crippen MR) is 137 cm³/mol. The third-order valence-corrected chi connectivity index (χ3v) is 6.31. The third-order valence-electron chi connectivity index (χ3n) is 6.31. The normalized spacial score (nSPS) is 17.6. The highest BCUT2D eigenvalue weighted by molar-refractivity contribution is 6.08. The molecule has 39 heavy (non-hydrogen) atoms. The number of ketones is 1. The summed E-state index contributed by atoms with van der Waals surface area (Å²) in [5, 5.41) is 10.8. The van der Waals surface area contributed by atoms with Gasteiger partial charge in [-0.05, 0) is 19.8 Å². The van der Waals surface area contributed by atoms with Crippen LogP contribution in [0.5, 0.6) is 0 Å². The molecule has 2 heterocycles. The molecule has 1 fully saturated rings. The Balaban J connectivity index is 1.10. The quantitative estimate of drug-likeness (QED) is 0.186. The van der Waals surface area contributed by atoms with Gasteiger partial charge in [0, 0.05) is 35.2 Å². The number of carbonyl (C=O) groups is 3. The van der Waals surface area contributed by atoms with E-state index < -0.39 is 17.9 Å². The summed E-state index contributed by atoms with van der Waals surface area (Å²) in [5.74, 6) is -0.568. The summed E-state index contributed by atoms with van der Waals surface area (Å²) in [6.45, 7) is 1.56. The van der Waals surface area contributed by atoms with E-state index in [-0.39, 0.29) is 35.1 Å². The maximum absolute atomic E-state index is 12.6. The Morgan fingerprint density at radius 3 is 2.44 bits per heavy atom. The topological polar surface area (TPSA) is 163 Å². The molecule has 0 saturated heterocycles. The van der Waals surface area contributed by atoms with E-state index >= 15 is 0 Å². The van der Waals surface area contributed by atoms with Crippen LogP contribution in [0.15, 0.2) is 87.5 Å². The number of ether oxygens (including phenoxy) is 1. The molecule has 5 rings (SSSR count). The van der Waals surface area contributed by atoms with Crippen LogP contribution in [0.1, 0.15) is 64.3 Å². The van der Waals surface area contributed by atoms with Gasteiger partial charge >= 0.3 is 5.97 Å². The largest absolute Gasteiger partial charge is 0.448 e. The number of nitrogens with two attached hydrogens (primary N) is 1. The Morgan fingerprint density at radius 1 is 1.03 bits per heavy atom. The average Bonchev–Trinajstić information content (AvgIpc) is 3.62. The first-order chi connectivity index (χ1) is 18.9. The van der Waals surface area contributed by atoms with Crippen molar-refractivity contribution in [2.75, 3.05) is 0 Å². The molecule has 3 N–H and O–H groups in total. The van der Waals surface area contributed by atoms with E-state index in [1.165, 1.54) is 0 Å². The Morgan fingerprint density at radius 2 is 1.72 bits per heavy atom. The highest BCUT2D eigenvalue weighted by Gasteiger charge is 2.36. The van der Waals surface area contributed by atoms with Crippen LogP contribution in [0.2, 0.25) is 0 Å². The Labute approximate surface area is 223 Å². The first-order valence-electron chi connectivity index (χ1n) is 12.3. The molecule has 4 aromatic rings. The number of rotatable bonds is 9. The molecule has 1 aliphatic rings. The maximum atomic E-state index is 12.6. The van der Waals surface area contributed by atoms with Crippen molar-refractivity contribution in [3.05, 3.63) is 101 Å². The number of aromatic nitrogens is 3. The number of nitrogens with one attached hydrogen (secondary N) is 1. The maximum Gasteiger partial charge on any atom is 0.355 e. The fraction of sp³-hybridized carbons (Fsp3) is 0.214. The van der Waals surface area contributed by atoms with Crippen molar-refractivity contribution >= 4 is 17.7 Å². The van der Waals surface area contributed by atoms with Gasteiger partial charge in [-0.25, -0.2) is 4.79 Å². The SMILES string of the molecule is C[C@@H](OC(=O)C(N)=CC(=O)c1ccccc1)c1nc(C2CC(NC(=O)c3cc(-c4ccccc4)on3)C2)no1. The second-order valence-electron chi connectivity index (χ2n) is 9.15. The van der Waals surface area contributed by atoms with Crippen LogP contribution in [0.3, 0.4) is 0 Å². The smallest absolute Gasteiger partial charge is 0.355 e. The van der Waals surface area contributed by atoms with Crippen LogP contribution < -0.4 is 11.1 Å². The summed E-state index contributed by atoms with van der Waals surface area (Å²) < 4.78 is 15.8. The second-order valence-corrected chi connectivity index (χ2v) is 9.15. The fourth-order valence-electron chi connectivity index (χ4n) is 4.07. The van der Waals surface area contributed by atoms with Crippen molar-refractivity contribution in [1.29, 1.82) is 0 Å². The van der Waals surface area contributed by atoms with E-state index in [2.05, 4.69) is 20.6 Å². The average molecular weight is 528 g/mol. The lowest BCUT2D eigenvalue weighted by Gasteiger charge is -2.33. The van der Waals surface area contributed by atoms with Gasteiger partial charge in [0.1, 0.15) is 5.70 Å². The molecule has 1 saturated carbocycles. The zero-order valence-corrected chi connectivity index (χ0v) is 20.9. The Kier molecular flexibility index (Phi) is 7.30. The first-order valence-corrected chi connectivity index (χ1v) is 12.3. The van der Waals surface area contributed by atoms with E-state index in [1.54, 1.807) is 43.3 Å². The van der Waals surface area contributed by atoms with E-state index in [0.29, 0.717) is 30.0 Å². The van der Waals surface area contributed by atoms with Gasteiger partial charge in [-0.2, -0.15) is 4.98 Å². The number of carbonyl (C=O) groups excluding carboxylic acids is 3. The monoisotopic (exact) mass is 527 g/mol. The van der Waals surface area contributed by atoms with Crippen LogP contribution >= 0.6 is 0 Å². The molecule has 1 atom stereocenters. The van der Waals surface area contributed by atoms with Gasteiger partial charge in [-0.15, -0.1) is 0 Å². The van der Waals surface area contributed by atoms with Crippen LogP contribution in [0, 0.1) is 0 Å². The highest BCUT2D eigenvalue weighted by Crippen LogP contribution is 2.36. The highest BCUT2D eigenvalue weighted by atomic mass is 16.6. The summed E-state index contributed by atoms with van der Waals surface area (Å²) in [4.78, 5) is 41.5. The van der Waals surface area contributed by atoms with Gasteiger partial charge in [0.15, 0.2) is 29.2 Å². The molecule has 0 aliphatic heterocycles. The summed E-state index contributed by atoms with van der Waals surface area (Å²) in [6.07, 6.45) is 1.37. The predicted octanol–water partition coefficient (Wildman–Crippen LogP) is 3.73. The minimum atomic E-state index is -0.876. The molecule has 1 amide bonds. The Hall–Kier alpha value is -5.06. The van der Waals surface area contributed by atoms with Crippen LogP contribution in [0.25, 0.3) is 11.3 Å². The molecule has 0 unspecified atom stereocenters. The number of hydrogen-bond donors (Lipinski definition) is 2. The van der Waals surface area contributed by atoms with Crippen molar-refractivity contribution in [2.45, 2.75) is 37.8 Å². The lowest BCUT2D eigenvalue weighted by atomic mass is 9.79. The van der Waals surface area contributed by atoms with Crippen molar-refractivity contribution < 1.29 is 28.2 Å². The molecular formula is C28H25N5O6. The van der Waals surface area contributed by atoms with Gasteiger partial charge in [0.25, 0.3) is 11.8 Å². The van der Waals surface area contributed by atoms with Crippen LogP contribution in [0.4, 0.5) is 0 Å². The lowest BCUT2D eigenvalue weighted by molar-refractivity contribution is -0.145. The summed E-state index contributed by atoms with van der Waals surface area (Å²) in [6, 6.07) is 19.4. The van der Waals surface area contributed by atoms with Crippen molar-refractivity contribution in [3.8, 4) is 11.3 Å². The number of amides is 1. The summed E-state index contributed by atoms with van der Waals surface area (Å²) >= 11 is 0. The molecule has 0 bridgehead atoms. The van der Waals surface area contributed by atoms with E-state index in [1.807, 2.05) is 30.3 Å². The molecule has 11 nitrogen and oxygen atoms in total. The van der Waals surface area contributed by atoms with Gasteiger partial charge in [-0.1, -0.05) is 71.0 Å². The molecule has 198 valence electrons. The fourth-order valence-corrected chi connectivity index (χ4v) is 4.07. The summed E-state index contributed by atoms with van der Waals surface area (Å²) in [5.41, 5.74) is 6.85. The zero-order valence-electron chi connectivity index (χ0n) is 20.9. The van der Waals surface area contributed by atoms with Crippen molar-refractivity contribution in [2.24, 2.45) is 5.73 Å². The molecule has 11 heteroatoms. The number of esters is 1. The number of benzene rings is 2. The Bertz CT molecular complexity index is 1510. The van der Waals surface area contributed by atoms with Crippen LogP contribution in [-0.2, 0) is 9.53 Å². The zero-order chi connectivity index (χ0) is 27.4. The molecular weight excluding hydrogens is 502 g/mol. The molecule has 0 radical (unpaired) electrons. The molecule has 0 spiro atoms. The lowest BCUT2D eigenvalue weighted by Crippen LogP contribution is -2.43. The van der Waals surface area contributed by atoms with Gasteiger partial charge in [0.2, 0.25) is 0 Å². The molecule has 2 aromatic heterocycles. The minimum absolute atomic E-state index is 0.0265. The second kappa shape index (κ2) is 11.1. The summed E-state index contributed by atoms with van der Waals surface area (Å²) in [7, 11) is 0. The molecule has 1 aliphatic carbocycles. The van der Waals surface area contributed by atoms with Crippen molar-refractivity contribution in [1.82, 2.24) is 20.6 Å². The van der Waals surface area contributed by atoms with Crippen LogP contribution in [-0.4, -0.2) is 39.0 Å². The van der Waals surface area contributed by atoms with E-state index in [0.717, 1.165) is 11.6 Å². The van der Waals surface area contributed by atoms with Gasteiger partial charge in [0.05, 0.1) is 0 Å². The van der Waals surface area contributed by atoms with E-state index in [4.69, 9.17) is 19.5 Å². The standard InChI is InChI=1S/C28H25N5O6/c1-16(37-28(36)21(29)14-23(34)17-8-4-2-5-9-17)27-31-25(33-39-27)19-12-20(13-19)30-26(35)22-15-24(38-32-22)18-10-6-3-7-11-18/h2-11,14-16,19-20H,12-13,29H2,1H3,(H,30,35)/t16-,19?,20?/m1/s1. The number of nitrogens with zero attached hydrogens (tertiary/aromatic N) is 3. The van der Waals surface area contributed by atoms with Gasteiger partial charge in [-0.3, -0.25) is 9.59 Å². The van der Waals surface area contributed by atoms with Gasteiger partial charge < -0.3 is 24.8 Å². The number of hydrogen-bond acceptors (Lipinski definition) is 10. The number of allylic oxidation sites excluding steroid dienone is 1. The molecule has 2 aromatic carbocycles. The minimum Gasteiger partial charge on any atom is -0.448 e.